The smallest absolute Gasteiger partial charge is 0.0149 e. The van der Waals surface area contributed by atoms with Gasteiger partial charge in [0.15, 0.2) is 0 Å². The number of rotatable bonds is 2. The molecule has 0 nitrogen and oxygen atoms in total. The summed E-state index contributed by atoms with van der Waals surface area (Å²) in [6.07, 6.45) is 20.7. The Labute approximate surface area is 149 Å². The van der Waals surface area contributed by atoms with Crippen LogP contribution in [0.3, 0.4) is 0 Å². The molecule has 0 aromatic heterocycles. The molecule has 3 bridgehead atoms. The van der Waals surface area contributed by atoms with Crippen LogP contribution in [0.2, 0.25) is 0 Å². The van der Waals surface area contributed by atoms with Gasteiger partial charge in [0, 0.05) is 5.41 Å². The number of fused-ring (bicyclic) bond motifs is 1. The lowest BCUT2D eigenvalue weighted by Crippen LogP contribution is -2.26. The van der Waals surface area contributed by atoms with Crippen molar-refractivity contribution in [3.05, 3.63) is 112 Å². The van der Waals surface area contributed by atoms with E-state index in [1.807, 2.05) is 0 Å². The Bertz CT molecular complexity index is 980. The lowest BCUT2D eigenvalue weighted by molar-refractivity contribution is 0.476. The van der Waals surface area contributed by atoms with Crippen molar-refractivity contribution in [2.75, 3.05) is 0 Å². The van der Waals surface area contributed by atoms with Crippen molar-refractivity contribution < 1.29 is 0 Å². The summed E-state index contributed by atoms with van der Waals surface area (Å²) in [6.45, 7) is 0. The largest absolute Gasteiger partial charge is 0.0733 e. The van der Waals surface area contributed by atoms with E-state index in [0.717, 1.165) is 12.8 Å². The van der Waals surface area contributed by atoms with Crippen molar-refractivity contribution in [3.63, 3.8) is 0 Å². The summed E-state index contributed by atoms with van der Waals surface area (Å²) in [5.74, 6) is 0. The van der Waals surface area contributed by atoms with Crippen molar-refractivity contribution in [1.29, 1.82) is 0 Å². The molecule has 0 N–H and O–H groups in total. The second-order valence-electron chi connectivity index (χ2n) is 7.23. The van der Waals surface area contributed by atoms with Crippen LogP contribution < -0.4 is 0 Å². The summed E-state index contributed by atoms with van der Waals surface area (Å²) in [6, 6.07) is 17.2. The van der Waals surface area contributed by atoms with E-state index in [2.05, 4.69) is 97.1 Å². The molecule has 120 valence electrons. The van der Waals surface area contributed by atoms with Gasteiger partial charge in [-0.25, -0.2) is 0 Å². The lowest BCUT2D eigenvalue weighted by atomic mass is 9.67. The van der Waals surface area contributed by atoms with Crippen LogP contribution in [-0.2, 0) is 6.42 Å². The Morgan fingerprint density at radius 1 is 0.680 bits per heavy atom. The maximum absolute atomic E-state index is 2.41. The molecule has 1 spiro atoms. The Morgan fingerprint density at radius 2 is 1.48 bits per heavy atom. The Kier molecular flexibility index (Phi) is 3.24. The maximum Gasteiger partial charge on any atom is 0.0149 e. The van der Waals surface area contributed by atoms with E-state index in [-0.39, 0.29) is 5.41 Å². The van der Waals surface area contributed by atoms with Gasteiger partial charge in [0.05, 0.1) is 0 Å². The Hall–Kier alpha value is -2.86. The molecule has 2 aromatic rings. The molecule has 0 radical (unpaired) electrons. The molecular formula is C25H20. The molecule has 0 fully saturated rings. The van der Waals surface area contributed by atoms with Crippen LogP contribution >= 0.6 is 0 Å². The molecule has 0 heterocycles. The fourth-order valence-electron chi connectivity index (χ4n) is 4.16. The molecule has 3 aliphatic rings. The second-order valence-corrected chi connectivity index (χ2v) is 7.23. The molecule has 0 aliphatic heterocycles. The third-order valence-corrected chi connectivity index (χ3v) is 5.55. The molecule has 0 amide bonds. The van der Waals surface area contributed by atoms with E-state index in [4.69, 9.17) is 0 Å². The lowest BCUT2D eigenvalue weighted by Gasteiger charge is -2.36. The summed E-state index contributed by atoms with van der Waals surface area (Å²) < 4.78 is 0. The standard InChI is InChI=1S/C25H20/c1-2-5-19(6-3-1)9-10-20-13-15-25-16-14-22-8-4-7-21(24(22)18-25)11-12-23(20)17-25/h1-16H,17-18H2/b10-9-,12-11?. The number of hydrogen-bond donors (Lipinski definition) is 0. The molecule has 3 aliphatic carbocycles. The number of hydrogen-bond acceptors (Lipinski definition) is 0. The SMILES string of the molecule is C1=CC23C=Cc4cccc(c4C2)C=CC(=C1/C=C\c1ccccc1)C3. The van der Waals surface area contributed by atoms with Crippen LogP contribution in [0, 0.1) is 5.41 Å². The zero-order valence-corrected chi connectivity index (χ0v) is 14.2. The van der Waals surface area contributed by atoms with Gasteiger partial charge in [-0.3, -0.25) is 0 Å². The molecule has 1 atom stereocenters. The van der Waals surface area contributed by atoms with Crippen molar-refractivity contribution in [3.8, 4) is 0 Å². The van der Waals surface area contributed by atoms with Crippen molar-refractivity contribution >= 4 is 18.2 Å². The number of allylic oxidation sites excluding steroid dienone is 7. The van der Waals surface area contributed by atoms with Crippen LogP contribution in [0.25, 0.3) is 18.2 Å². The van der Waals surface area contributed by atoms with Crippen molar-refractivity contribution in [2.45, 2.75) is 12.8 Å². The molecule has 0 saturated heterocycles. The average Bonchev–Trinajstić information content (AvgIpc) is 2.65. The minimum Gasteiger partial charge on any atom is -0.0733 e. The van der Waals surface area contributed by atoms with Crippen LogP contribution in [0.4, 0.5) is 0 Å². The molecular weight excluding hydrogens is 300 g/mol. The van der Waals surface area contributed by atoms with Crippen molar-refractivity contribution in [1.82, 2.24) is 0 Å². The summed E-state index contributed by atoms with van der Waals surface area (Å²) in [5.41, 5.74) is 8.38. The van der Waals surface area contributed by atoms with Gasteiger partial charge in [-0.1, -0.05) is 97.1 Å². The third kappa shape index (κ3) is 2.55. The fraction of sp³-hybridized carbons (Fsp3) is 0.120. The first kappa shape index (κ1) is 14.5. The third-order valence-electron chi connectivity index (χ3n) is 5.55. The summed E-state index contributed by atoms with van der Waals surface area (Å²) in [5, 5.41) is 0. The fourth-order valence-corrected chi connectivity index (χ4v) is 4.16. The van der Waals surface area contributed by atoms with Gasteiger partial charge in [-0.15, -0.1) is 0 Å². The minimum atomic E-state index is 0.146. The van der Waals surface area contributed by atoms with Gasteiger partial charge in [-0.05, 0) is 46.2 Å². The molecule has 0 heteroatoms. The second kappa shape index (κ2) is 5.60. The van der Waals surface area contributed by atoms with Crippen molar-refractivity contribution in [2.24, 2.45) is 5.41 Å². The van der Waals surface area contributed by atoms with Gasteiger partial charge in [0.25, 0.3) is 0 Å². The maximum atomic E-state index is 2.41. The van der Waals surface area contributed by atoms with E-state index in [1.54, 1.807) is 0 Å². The van der Waals surface area contributed by atoms with E-state index in [0.29, 0.717) is 0 Å². The predicted octanol–water partition coefficient (Wildman–Crippen LogP) is 6.24. The minimum absolute atomic E-state index is 0.146. The van der Waals surface area contributed by atoms with Gasteiger partial charge >= 0.3 is 0 Å². The average molecular weight is 320 g/mol. The highest BCUT2D eigenvalue weighted by Gasteiger charge is 2.33. The summed E-state index contributed by atoms with van der Waals surface area (Å²) in [4.78, 5) is 0. The molecule has 5 rings (SSSR count). The zero-order chi connectivity index (χ0) is 16.7. The first-order valence-electron chi connectivity index (χ1n) is 8.96. The first-order valence-corrected chi connectivity index (χ1v) is 8.96. The normalized spacial score (nSPS) is 23.0. The Balaban J connectivity index is 1.59. The van der Waals surface area contributed by atoms with Gasteiger partial charge in [0.2, 0.25) is 0 Å². The monoisotopic (exact) mass is 320 g/mol. The molecule has 25 heavy (non-hydrogen) atoms. The van der Waals surface area contributed by atoms with Crippen LogP contribution in [0.1, 0.15) is 28.7 Å². The highest BCUT2D eigenvalue weighted by atomic mass is 14.4. The van der Waals surface area contributed by atoms with Gasteiger partial charge in [0.1, 0.15) is 0 Å². The van der Waals surface area contributed by atoms with Crippen LogP contribution in [0.15, 0.2) is 90.1 Å². The summed E-state index contributed by atoms with van der Waals surface area (Å²) >= 11 is 0. The van der Waals surface area contributed by atoms with E-state index < -0.39 is 0 Å². The van der Waals surface area contributed by atoms with Crippen LogP contribution in [-0.4, -0.2) is 0 Å². The van der Waals surface area contributed by atoms with E-state index in [1.165, 1.54) is 33.4 Å². The predicted molar refractivity (Wildman–Crippen MR) is 107 cm³/mol. The Morgan fingerprint density at radius 3 is 2.36 bits per heavy atom. The number of benzene rings is 2. The van der Waals surface area contributed by atoms with Crippen LogP contribution in [0.5, 0.6) is 0 Å². The zero-order valence-electron chi connectivity index (χ0n) is 14.2. The van der Waals surface area contributed by atoms with E-state index in [9.17, 15) is 0 Å². The van der Waals surface area contributed by atoms with E-state index >= 15 is 0 Å². The highest BCUT2D eigenvalue weighted by molar-refractivity contribution is 5.71. The van der Waals surface area contributed by atoms with Gasteiger partial charge in [-0.2, -0.15) is 0 Å². The first-order chi connectivity index (χ1) is 12.3. The molecule has 1 unspecified atom stereocenters. The molecule has 2 aromatic carbocycles. The topological polar surface area (TPSA) is 0 Å². The quantitative estimate of drug-likeness (QED) is 0.614. The molecule has 0 saturated carbocycles. The summed E-state index contributed by atoms with van der Waals surface area (Å²) in [7, 11) is 0. The van der Waals surface area contributed by atoms with Gasteiger partial charge < -0.3 is 0 Å². The highest BCUT2D eigenvalue weighted by Crippen LogP contribution is 2.45.